The van der Waals surface area contributed by atoms with Crippen LogP contribution in [0.15, 0.2) is 12.1 Å². The summed E-state index contributed by atoms with van der Waals surface area (Å²) in [7, 11) is 0. The van der Waals surface area contributed by atoms with Crippen LogP contribution in [0.4, 0.5) is 8.78 Å². The Balaban J connectivity index is 2.35. The molecule has 0 amide bonds. The van der Waals surface area contributed by atoms with E-state index in [1.807, 2.05) is 0 Å². The van der Waals surface area contributed by atoms with Crippen LogP contribution >= 0.6 is 0 Å². The zero-order valence-corrected chi connectivity index (χ0v) is 11.7. The lowest BCUT2D eigenvalue weighted by molar-refractivity contribution is 0.158. The maximum absolute atomic E-state index is 14.3. The zero-order valence-electron chi connectivity index (χ0n) is 11.7. The van der Waals surface area contributed by atoms with Crippen molar-refractivity contribution in [3.63, 3.8) is 0 Å². The Labute approximate surface area is 113 Å². The van der Waals surface area contributed by atoms with Gasteiger partial charge in [-0.15, -0.1) is 0 Å². The second-order valence-corrected chi connectivity index (χ2v) is 5.18. The van der Waals surface area contributed by atoms with Crippen molar-refractivity contribution in [3.05, 3.63) is 34.9 Å². The number of hydrogen-bond acceptors (Lipinski definition) is 2. The van der Waals surface area contributed by atoms with Gasteiger partial charge in [0, 0.05) is 37.8 Å². The van der Waals surface area contributed by atoms with Crippen LogP contribution < -0.4 is 5.32 Å². The van der Waals surface area contributed by atoms with E-state index >= 15 is 0 Å². The molecule has 1 N–H and O–H groups in total. The third kappa shape index (κ3) is 3.12. The van der Waals surface area contributed by atoms with Gasteiger partial charge in [0.05, 0.1) is 0 Å². The summed E-state index contributed by atoms with van der Waals surface area (Å²) in [5.74, 6) is -0.794. The van der Waals surface area contributed by atoms with E-state index in [9.17, 15) is 8.78 Å². The van der Waals surface area contributed by atoms with Crippen LogP contribution in [0.25, 0.3) is 0 Å². The topological polar surface area (TPSA) is 15.3 Å². The molecule has 0 radical (unpaired) electrons. The first-order chi connectivity index (χ1) is 9.15. The highest BCUT2D eigenvalue weighted by atomic mass is 19.1. The number of aryl methyl sites for hydroxylation is 1. The Morgan fingerprint density at radius 3 is 2.58 bits per heavy atom. The van der Waals surface area contributed by atoms with Crippen molar-refractivity contribution < 1.29 is 8.78 Å². The minimum atomic E-state index is -0.417. The second kappa shape index (κ2) is 6.44. The van der Waals surface area contributed by atoms with Crippen LogP contribution in [0.1, 0.15) is 36.9 Å². The molecule has 106 valence electrons. The maximum Gasteiger partial charge on any atom is 0.133 e. The fourth-order valence-electron chi connectivity index (χ4n) is 2.76. The number of rotatable bonds is 4. The van der Waals surface area contributed by atoms with Gasteiger partial charge < -0.3 is 5.32 Å². The largest absolute Gasteiger partial charge is 0.314 e. The van der Waals surface area contributed by atoms with Crippen molar-refractivity contribution in [1.82, 2.24) is 10.2 Å². The van der Waals surface area contributed by atoms with Crippen molar-refractivity contribution >= 4 is 0 Å². The Morgan fingerprint density at radius 2 is 1.95 bits per heavy atom. The van der Waals surface area contributed by atoms with E-state index in [4.69, 9.17) is 0 Å². The van der Waals surface area contributed by atoms with Gasteiger partial charge in [0.2, 0.25) is 0 Å². The molecule has 19 heavy (non-hydrogen) atoms. The van der Waals surface area contributed by atoms with Gasteiger partial charge in [0.1, 0.15) is 11.6 Å². The highest BCUT2D eigenvalue weighted by Crippen LogP contribution is 2.31. The summed E-state index contributed by atoms with van der Waals surface area (Å²) in [4.78, 5) is 2.20. The monoisotopic (exact) mass is 268 g/mol. The number of nitrogens with zero attached hydrogens (tertiary/aromatic N) is 1. The van der Waals surface area contributed by atoms with E-state index in [1.165, 1.54) is 12.1 Å². The molecule has 0 aromatic heterocycles. The van der Waals surface area contributed by atoms with Crippen LogP contribution in [0, 0.1) is 18.6 Å². The predicted octanol–water partition coefficient (Wildman–Crippen LogP) is 3.02. The molecule has 0 aliphatic carbocycles. The molecule has 4 heteroatoms. The van der Waals surface area contributed by atoms with Gasteiger partial charge in [-0.1, -0.05) is 19.4 Å². The molecule has 2 nitrogen and oxygen atoms in total. The number of hydrogen-bond donors (Lipinski definition) is 1. The molecule has 1 fully saturated rings. The van der Waals surface area contributed by atoms with Crippen molar-refractivity contribution in [2.75, 3.05) is 26.2 Å². The van der Waals surface area contributed by atoms with Gasteiger partial charge in [-0.2, -0.15) is 0 Å². The molecule has 0 saturated carbocycles. The summed E-state index contributed by atoms with van der Waals surface area (Å²) in [6.45, 7) is 7.21. The average Bonchev–Trinajstić information content (AvgIpc) is 2.43. The lowest BCUT2D eigenvalue weighted by Crippen LogP contribution is -2.45. The Morgan fingerprint density at radius 1 is 1.26 bits per heavy atom. The molecular formula is C15H22F2N2. The van der Waals surface area contributed by atoms with Crippen molar-refractivity contribution in [1.29, 1.82) is 0 Å². The van der Waals surface area contributed by atoms with Crippen molar-refractivity contribution in [2.45, 2.75) is 32.7 Å². The molecule has 1 aromatic carbocycles. The predicted molar refractivity (Wildman–Crippen MR) is 73.2 cm³/mol. The number of halogens is 2. The van der Waals surface area contributed by atoms with Crippen LogP contribution in [-0.2, 0) is 0 Å². The smallest absolute Gasteiger partial charge is 0.133 e. The van der Waals surface area contributed by atoms with Gasteiger partial charge >= 0.3 is 0 Å². The maximum atomic E-state index is 14.3. The third-order valence-electron chi connectivity index (χ3n) is 3.81. The van der Waals surface area contributed by atoms with E-state index in [1.54, 1.807) is 6.92 Å². The quantitative estimate of drug-likeness (QED) is 0.903. The van der Waals surface area contributed by atoms with Crippen LogP contribution in [-0.4, -0.2) is 31.1 Å². The summed E-state index contributed by atoms with van der Waals surface area (Å²) in [6, 6.07) is 2.75. The van der Waals surface area contributed by atoms with E-state index in [-0.39, 0.29) is 17.4 Å². The molecule has 0 bridgehead atoms. The average molecular weight is 268 g/mol. The summed E-state index contributed by atoms with van der Waals surface area (Å²) < 4.78 is 28.4. The molecule has 1 atom stereocenters. The van der Waals surface area contributed by atoms with Crippen molar-refractivity contribution in [3.8, 4) is 0 Å². The van der Waals surface area contributed by atoms with Crippen LogP contribution in [0.5, 0.6) is 0 Å². The highest BCUT2D eigenvalue weighted by Gasteiger charge is 2.27. The standard InChI is InChI=1S/C15H22F2N2/c1-3-4-13(19-9-7-18-8-10-19)14-12(16)6-5-11(2)15(14)17/h5-6,13,18H,3-4,7-10H2,1-2H3/t13-/m0/s1. The van der Waals surface area contributed by atoms with Crippen LogP contribution in [0.2, 0.25) is 0 Å². The molecule has 2 rings (SSSR count). The molecule has 1 heterocycles. The first-order valence-electron chi connectivity index (χ1n) is 7.04. The summed E-state index contributed by atoms with van der Waals surface area (Å²) in [5, 5.41) is 3.27. The highest BCUT2D eigenvalue weighted by molar-refractivity contribution is 5.29. The molecular weight excluding hydrogens is 246 g/mol. The molecule has 1 aliphatic heterocycles. The second-order valence-electron chi connectivity index (χ2n) is 5.18. The third-order valence-corrected chi connectivity index (χ3v) is 3.81. The molecule has 0 spiro atoms. The number of benzene rings is 1. The van der Waals surface area contributed by atoms with Gasteiger partial charge in [0.25, 0.3) is 0 Å². The van der Waals surface area contributed by atoms with E-state index in [0.717, 1.165) is 39.0 Å². The van der Waals surface area contributed by atoms with Crippen LogP contribution in [0.3, 0.4) is 0 Å². The summed E-state index contributed by atoms with van der Waals surface area (Å²) in [6.07, 6.45) is 1.71. The normalized spacial score (nSPS) is 18.5. The van der Waals surface area contributed by atoms with E-state index in [2.05, 4.69) is 17.1 Å². The number of nitrogens with one attached hydrogen (secondary N) is 1. The SMILES string of the molecule is CCC[C@@H](c1c(F)ccc(C)c1F)N1CCNCC1. The molecule has 1 aliphatic rings. The minimum Gasteiger partial charge on any atom is -0.314 e. The number of piperazine rings is 1. The Kier molecular flexibility index (Phi) is 4.88. The Bertz CT molecular complexity index is 428. The molecule has 1 saturated heterocycles. The first kappa shape index (κ1) is 14.4. The summed E-state index contributed by atoms with van der Waals surface area (Å²) in [5.41, 5.74) is 0.774. The molecule has 0 unspecified atom stereocenters. The zero-order chi connectivity index (χ0) is 13.8. The fourth-order valence-corrected chi connectivity index (χ4v) is 2.76. The van der Waals surface area contributed by atoms with Gasteiger partial charge in [0.15, 0.2) is 0 Å². The van der Waals surface area contributed by atoms with Gasteiger partial charge in [-0.05, 0) is 25.0 Å². The molecule has 1 aromatic rings. The minimum absolute atomic E-state index is 0.146. The summed E-state index contributed by atoms with van der Waals surface area (Å²) >= 11 is 0. The van der Waals surface area contributed by atoms with E-state index in [0.29, 0.717) is 5.56 Å². The first-order valence-corrected chi connectivity index (χ1v) is 7.04. The lowest BCUT2D eigenvalue weighted by atomic mass is 9.97. The van der Waals surface area contributed by atoms with E-state index < -0.39 is 5.82 Å². The van der Waals surface area contributed by atoms with Gasteiger partial charge in [-0.25, -0.2) is 8.78 Å². The fraction of sp³-hybridized carbons (Fsp3) is 0.600. The lowest BCUT2D eigenvalue weighted by Gasteiger charge is -2.35. The van der Waals surface area contributed by atoms with Gasteiger partial charge in [-0.3, -0.25) is 4.90 Å². The van der Waals surface area contributed by atoms with Crippen molar-refractivity contribution in [2.24, 2.45) is 0 Å². The Hall–Kier alpha value is -1.00.